The normalized spacial score (nSPS) is 24.0. The molecule has 1 fully saturated rings. The molecule has 1 aliphatic rings. The van der Waals surface area contributed by atoms with Crippen molar-refractivity contribution in [2.75, 3.05) is 13.2 Å². The van der Waals surface area contributed by atoms with Crippen molar-refractivity contribution in [3.05, 3.63) is 35.4 Å². The predicted octanol–water partition coefficient (Wildman–Crippen LogP) is 4.64. The molecule has 21 heavy (non-hydrogen) atoms. The van der Waals surface area contributed by atoms with Gasteiger partial charge < -0.3 is 10.1 Å². The minimum atomic E-state index is -0.0712. The van der Waals surface area contributed by atoms with Crippen LogP contribution in [0.4, 0.5) is 0 Å². The van der Waals surface area contributed by atoms with E-state index >= 15 is 0 Å². The number of ether oxygens (including phenoxy) is 1. The van der Waals surface area contributed by atoms with Crippen molar-refractivity contribution >= 4 is 0 Å². The maximum atomic E-state index is 6.22. The lowest BCUT2D eigenvalue weighted by molar-refractivity contribution is -0.0897. The third-order valence-electron chi connectivity index (χ3n) is 4.53. The summed E-state index contributed by atoms with van der Waals surface area (Å²) in [6.45, 7) is 8.69. The van der Waals surface area contributed by atoms with Gasteiger partial charge in [0.25, 0.3) is 0 Å². The Morgan fingerprint density at radius 1 is 1.24 bits per heavy atom. The van der Waals surface area contributed by atoms with Crippen molar-refractivity contribution in [1.82, 2.24) is 5.32 Å². The number of rotatable bonds is 7. The molecule has 0 aromatic heterocycles. The van der Waals surface area contributed by atoms with E-state index in [1.165, 1.54) is 30.4 Å². The highest BCUT2D eigenvalue weighted by molar-refractivity contribution is 5.28. The van der Waals surface area contributed by atoms with E-state index in [-0.39, 0.29) is 5.60 Å². The van der Waals surface area contributed by atoms with Crippen molar-refractivity contribution in [3.63, 3.8) is 0 Å². The summed E-state index contributed by atoms with van der Waals surface area (Å²) in [5, 5.41) is 3.74. The van der Waals surface area contributed by atoms with Gasteiger partial charge in [-0.2, -0.15) is 0 Å². The fourth-order valence-corrected chi connectivity index (χ4v) is 3.38. The van der Waals surface area contributed by atoms with Gasteiger partial charge in [0.05, 0.1) is 11.6 Å². The molecule has 0 amide bonds. The molecule has 2 atom stereocenters. The highest BCUT2D eigenvalue weighted by Crippen LogP contribution is 2.36. The molecule has 1 aliphatic heterocycles. The van der Waals surface area contributed by atoms with Gasteiger partial charge in [0.15, 0.2) is 0 Å². The Bertz CT molecular complexity index is 423. The first-order valence-corrected chi connectivity index (χ1v) is 8.66. The highest BCUT2D eigenvalue weighted by atomic mass is 16.5. The van der Waals surface area contributed by atoms with E-state index in [4.69, 9.17) is 4.74 Å². The Balaban J connectivity index is 2.23. The molecule has 1 heterocycles. The third kappa shape index (κ3) is 4.31. The maximum absolute atomic E-state index is 6.22. The molecule has 0 spiro atoms. The monoisotopic (exact) mass is 289 g/mol. The summed E-state index contributed by atoms with van der Waals surface area (Å²) < 4.78 is 6.22. The van der Waals surface area contributed by atoms with Crippen molar-refractivity contribution in [2.45, 2.75) is 70.9 Å². The van der Waals surface area contributed by atoms with Crippen LogP contribution in [0.3, 0.4) is 0 Å². The van der Waals surface area contributed by atoms with Crippen LogP contribution in [0.15, 0.2) is 24.3 Å². The quantitative estimate of drug-likeness (QED) is 0.789. The molecule has 1 saturated heterocycles. The Kier molecular flexibility index (Phi) is 6.25. The van der Waals surface area contributed by atoms with Crippen LogP contribution in [0.5, 0.6) is 0 Å². The fourth-order valence-electron chi connectivity index (χ4n) is 3.38. The first-order valence-electron chi connectivity index (χ1n) is 8.66. The van der Waals surface area contributed by atoms with Crippen LogP contribution in [0.2, 0.25) is 0 Å². The van der Waals surface area contributed by atoms with Crippen LogP contribution in [0, 0.1) is 0 Å². The Labute approximate surface area is 130 Å². The number of hydrogen-bond donors (Lipinski definition) is 1. The highest BCUT2D eigenvalue weighted by Gasteiger charge is 2.37. The lowest BCUT2D eigenvalue weighted by atomic mass is 9.83. The number of nitrogens with one attached hydrogen (secondary N) is 1. The molecular formula is C19H31NO. The van der Waals surface area contributed by atoms with Gasteiger partial charge in [-0.05, 0) is 56.7 Å². The Morgan fingerprint density at radius 2 is 2.10 bits per heavy atom. The van der Waals surface area contributed by atoms with E-state index in [1.54, 1.807) is 0 Å². The predicted molar refractivity (Wildman–Crippen MR) is 89.7 cm³/mol. The van der Waals surface area contributed by atoms with E-state index in [0.717, 1.165) is 32.4 Å². The van der Waals surface area contributed by atoms with Gasteiger partial charge in [0.2, 0.25) is 0 Å². The topological polar surface area (TPSA) is 21.3 Å². The molecule has 118 valence electrons. The molecule has 1 N–H and O–H groups in total. The Hall–Kier alpha value is -0.860. The lowest BCUT2D eigenvalue weighted by Crippen LogP contribution is -2.46. The van der Waals surface area contributed by atoms with Gasteiger partial charge in [-0.3, -0.25) is 0 Å². The SMILES string of the molecule is CCCNC(c1cccc(CCC)c1)C1(C)CCCCO1. The summed E-state index contributed by atoms with van der Waals surface area (Å²) >= 11 is 0. The zero-order valence-corrected chi connectivity index (χ0v) is 14.0. The molecule has 1 aromatic rings. The number of hydrogen-bond acceptors (Lipinski definition) is 2. The van der Waals surface area contributed by atoms with Gasteiger partial charge in [-0.15, -0.1) is 0 Å². The first-order chi connectivity index (χ1) is 10.2. The summed E-state index contributed by atoms with van der Waals surface area (Å²) in [6.07, 6.45) is 7.13. The van der Waals surface area contributed by atoms with Crippen molar-refractivity contribution < 1.29 is 4.74 Å². The molecule has 0 bridgehead atoms. The van der Waals surface area contributed by atoms with Gasteiger partial charge in [-0.25, -0.2) is 0 Å². The molecule has 2 heteroatoms. The molecule has 2 unspecified atom stereocenters. The summed E-state index contributed by atoms with van der Waals surface area (Å²) in [5.74, 6) is 0. The first kappa shape index (κ1) is 16.5. The van der Waals surface area contributed by atoms with E-state index in [9.17, 15) is 0 Å². The van der Waals surface area contributed by atoms with Crippen molar-refractivity contribution in [3.8, 4) is 0 Å². The van der Waals surface area contributed by atoms with Crippen LogP contribution < -0.4 is 5.32 Å². The van der Waals surface area contributed by atoms with Gasteiger partial charge in [-0.1, -0.05) is 44.5 Å². The van der Waals surface area contributed by atoms with Crippen molar-refractivity contribution in [1.29, 1.82) is 0 Å². The molecule has 0 aliphatic carbocycles. The summed E-state index contributed by atoms with van der Waals surface area (Å²) in [6, 6.07) is 9.38. The average Bonchev–Trinajstić information content (AvgIpc) is 2.49. The van der Waals surface area contributed by atoms with Gasteiger partial charge in [0, 0.05) is 6.61 Å². The van der Waals surface area contributed by atoms with Crippen LogP contribution in [-0.2, 0) is 11.2 Å². The van der Waals surface area contributed by atoms with Crippen LogP contribution >= 0.6 is 0 Å². The van der Waals surface area contributed by atoms with Gasteiger partial charge in [0.1, 0.15) is 0 Å². The van der Waals surface area contributed by atoms with Crippen LogP contribution in [0.1, 0.15) is 70.0 Å². The van der Waals surface area contributed by atoms with E-state index in [2.05, 4.69) is 50.4 Å². The summed E-state index contributed by atoms with van der Waals surface area (Å²) in [4.78, 5) is 0. The zero-order chi connectivity index (χ0) is 15.1. The average molecular weight is 289 g/mol. The van der Waals surface area contributed by atoms with E-state index in [1.807, 2.05) is 0 Å². The zero-order valence-electron chi connectivity index (χ0n) is 14.0. The van der Waals surface area contributed by atoms with E-state index < -0.39 is 0 Å². The second-order valence-corrected chi connectivity index (χ2v) is 6.50. The lowest BCUT2D eigenvalue weighted by Gasteiger charge is -2.41. The largest absolute Gasteiger partial charge is 0.373 e. The fraction of sp³-hybridized carbons (Fsp3) is 0.684. The second-order valence-electron chi connectivity index (χ2n) is 6.50. The standard InChI is InChI=1S/C19H31NO/c1-4-9-16-10-8-11-17(15-16)18(20-13-5-2)19(3)12-6-7-14-21-19/h8,10-11,15,18,20H,4-7,9,12-14H2,1-3H3. The van der Waals surface area contributed by atoms with Gasteiger partial charge >= 0.3 is 0 Å². The van der Waals surface area contributed by atoms with Crippen LogP contribution in [0.25, 0.3) is 0 Å². The number of benzene rings is 1. The summed E-state index contributed by atoms with van der Waals surface area (Å²) in [7, 11) is 0. The molecule has 0 saturated carbocycles. The minimum absolute atomic E-state index is 0.0712. The third-order valence-corrected chi connectivity index (χ3v) is 4.53. The number of aryl methyl sites for hydroxylation is 1. The molecule has 1 aromatic carbocycles. The van der Waals surface area contributed by atoms with E-state index in [0.29, 0.717) is 6.04 Å². The maximum Gasteiger partial charge on any atom is 0.0848 e. The molecular weight excluding hydrogens is 258 g/mol. The summed E-state index contributed by atoms with van der Waals surface area (Å²) in [5.41, 5.74) is 2.76. The molecule has 2 nitrogen and oxygen atoms in total. The van der Waals surface area contributed by atoms with Crippen molar-refractivity contribution in [2.24, 2.45) is 0 Å². The Morgan fingerprint density at radius 3 is 2.76 bits per heavy atom. The minimum Gasteiger partial charge on any atom is -0.373 e. The molecule has 2 rings (SSSR count). The second kappa shape index (κ2) is 7.95. The smallest absolute Gasteiger partial charge is 0.0848 e. The molecule has 0 radical (unpaired) electrons. The van der Waals surface area contributed by atoms with Crippen LogP contribution in [-0.4, -0.2) is 18.8 Å².